The Labute approximate surface area is 117 Å². The summed E-state index contributed by atoms with van der Waals surface area (Å²) < 4.78 is 24.2. The molecule has 0 saturated carbocycles. The van der Waals surface area contributed by atoms with Crippen LogP contribution in [-0.2, 0) is 9.53 Å². The van der Waals surface area contributed by atoms with Gasteiger partial charge in [-0.2, -0.15) is 0 Å². The van der Waals surface area contributed by atoms with Gasteiger partial charge in [-0.15, -0.1) is 0 Å². The number of hydrogen-bond donors (Lipinski definition) is 1. The van der Waals surface area contributed by atoms with Gasteiger partial charge in [0.1, 0.15) is 11.6 Å². The van der Waals surface area contributed by atoms with Gasteiger partial charge in [0.15, 0.2) is 0 Å². The normalized spacial score (nSPS) is 12.4. The van der Waals surface area contributed by atoms with Gasteiger partial charge in [0.2, 0.25) is 0 Å². The Morgan fingerprint density at radius 2 is 2.15 bits per heavy atom. The number of rotatable bonds is 8. The van der Waals surface area contributed by atoms with E-state index in [-0.39, 0.29) is 6.54 Å². The number of hydrogen-bond acceptors (Lipinski definition) is 4. The molecule has 0 bridgehead atoms. The van der Waals surface area contributed by atoms with Gasteiger partial charge >= 0.3 is 5.97 Å². The number of carbonyl (C=O) groups is 1. The molecule has 0 heterocycles. The van der Waals surface area contributed by atoms with Crippen molar-refractivity contribution in [3.63, 3.8) is 0 Å². The van der Waals surface area contributed by atoms with Gasteiger partial charge in [-0.25, -0.2) is 4.39 Å². The van der Waals surface area contributed by atoms with Crippen molar-refractivity contribution in [1.82, 2.24) is 4.90 Å². The first-order valence-corrected chi connectivity index (χ1v) is 6.28. The lowest BCUT2D eigenvalue weighted by atomic mass is 10.0. The molecule has 5 nitrogen and oxygen atoms in total. The number of aliphatic carboxylic acids is 1. The predicted octanol–water partition coefficient (Wildman–Crippen LogP) is 1.93. The maximum atomic E-state index is 14.0. The first kappa shape index (κ1) is 16.4. The fourth-order valence-electron chi connectivity index (χ4n) is 2.08. The van der Waals surface area contributed by atoms with E-state index in [9.17, 15) is 9.18 Å². The molecule has 1 aromatic carbocycles. The van der Waals surface area contributed by atoms with Crippen LogP contribution in [0.2, 0.25) is 0 Å². The van der Waals surface area contributed by atoms with Crippen molar-refractivity contribution in [2.45, 2.75) is 13.0 Å². The number of benzene rings is 1. The van der Waals surface area contributed by atoms with Crippen molar-refractivity contribution >= 4 is 5.97 Å². The lowest BCUT2D eigenvalue weighted by Gasteiger charge is -2.28. The first-order valence-electron chi connectivity index (χ1n) is 6.28. The predicted molar refractivity (Wildman–Crippen MR) is 72.5 cm³/mol. The highest BCUT2D eigenvalue weighted by atomic mass is 19.1. The molecule has 0 aliphatic rings. The summed E-state index contributed by atoms with van der Waals surface area (Å²) in [6.45, 7) is 2.32. The number of ether oxygens (including phenoxy) is 2. The van der Waals surface area contributed by atoms with Gasteiger partial charge < -0.3 is 14.6 Å². The van der Waals surface area contributed by atoms with E-state index in [1.165, 1.54) is 20.3 Å². The fraction of sp³-hybridized carbons (Fsp3) is 0.500. The smallest absolute Gasteiger partial charge is 0.317 e. The van der Waals surface area contributed by atoms with Gasteiger partial charge in [-0.05, 0) is 19.1 Å². The molecule has 0 amide bonds. The van der Waals surface area contributed by atoms with E-state index in [1.807, 2.05) is 0 Å². The van der Waals surface area contributed by atoms with Crippen LogP contribution in [0.5, 0.6) is 5.75 Å². The van der Waals surface area contributed by atoms with Crippen LogP contribution >= 0.6 is 0 Å². The summed E-state index contributed by atoms with van der Waals surface area (Å²) in [6.07, 6.45) is 0. The Kier molecular flexibility index (Phi) is 6.41. The Hall–Kier alpha value is -1.66. The van der Waals surface area contributed by atoms with E-state index < -0.39 is 17.8 Å². The highest BCUT2D eigenvalue weighted by molar-refractivity contribution is 5.69. The zero-order valence-electron chi connectivity index (χ0n) is 11.9. The molecule has 0 aromatic heterocycles. The molecular formula is C14H20FNO4. The molecule has 6 heteroatoms. The molecule has 112 valence electrons. The maximum absolute atomic E-state index is 14.0. The highest BCUT2D eigenvalue weighted by Gasteiger charge is 2.24. The standard InChI is InChI=1S/C14H20FNO4/c1-10(16(7-8-19-2)9-13(17)18)14-11(15)5-4-6-12(14)20-3/h4-6,10H,7-9H2,1-3H3,(H,17,18). The van der Waals surface area contributed by atoms with Crippen molar-refractivity contribution < 1.29 is 23.8 Å². The molecule has 1 unspecified atom stereocenters. The minimum absolute atomic E-state index is 0.192. The lowest BCUT2D eigenvalue weighted by Crippen LogP contribution is -2.35. The van der Waals surface area contributed by atoms with Crippen LogP contribution in [0.15, 0.2) is 18.2 Å². The van der Waals surface area contributed by atoms with E-state index in [2.05, 4.69) is 0 Å². The first-order chi connectivity index (χ1) is 9.51. The van der Waals surface area contributed by atoms with Crippen molar-refractivity contribution in [2.75, 3.05) is 33.9 Å². The number of nitrogens with zero attached hydrogens (tertiary/aromatic N) is 1. The van der Waals surface area contributed by atoms with Gasteiger partial charge in [-0.1, -0.05) is 6.07 Å². The van der Waals surface area contributed by atoms with Crippen LogP contribution in [0.25, 0.3) is 0 Å². The minimum atomic E-state index is -0.969. The molecule has 20 heavy (non-hydrogen) atoms. The molecule has 0 spiro atoms. The number of halogens is 1. The minimum Gasteiger partial charge on any atom is -0.496 e. The average molecular weight is 285 g/mol. The Morgan fingerprint density at radius 1 is 1.45 bits per heavy atom. The second-order valence-corrected chi connectivity index (χ2v) is 4.39. The van der Waals surface area contributed by atoms with Crippen LogP contribution in [0.1, 0.15) is 18.5 Å². The Balaban J connectivity index is 3.04. The molecule has 0 saturated heterocycles. The van der Waals surface area contributed by atoms with E-state index >= 15 is 0 Å². The monoisotopic (exact) mass is 285 g/mol. The third-order valence-corrected chi connectivity index (χ3v) is 3.12. The summed E-state index contributed by atoms with van der Waals surface area (Å²) in [4.78, 5) is 12.6. The molecule has 1 atom stereocenters. The van der Waals surface area contributed by atoms with E-state index in [1.54, 1.807) is 24.0 Å². The Bertz CT molecular complexity index is 453. The van der Waals surface area contributed by atoms with Crippen molar-refractivity contribution in [3.8, 4) is 5.75 Å². The lowest BCUT2D eigenvalue weighted by molar-refractivity contribution is -0.139. The second kappa shape index (κ2) is 7.81. The summed E-state index contributed by atoms with van der Waals surface area (Å²) in [5, 5.41) is 8.97. The SMILES string of the molecule is COCCN(CC(=O)O)C(C)c1c(F)cccc1OC. The van der Waals surface area contributed by atoms with Gasteiger partial charge in [0.25, 0.3) is 0 Å². The molecule has 0 radical (unpaired) electrons. The molecular weight excluding hydrogens is 265 g/mol. The summed E-state index contributed by atoms with van der Waals surface area (Å²) in [5.74, 6) is -0.974. The number of methoxy groups -OCH3 is 2. The average Bonchev–Trinajstić information content (AvgIpc) is 2.41. The summed E-state index contributed by atoms with van der Waals surface area (Å²) in [6, 6.07) is 4.12. The quantitative estimate of drug-likeness (QED) is 0.791. The van der Waals surface area contributed by atoms with Crippen LogP contribution in [-0.4, -0.2) is 49.9 Å². The number of carboxylic acid groups (broad SMARTS) is 1. The molecule has 0 fully saturated rings. The summed E-state index contributed by atoms with van der Waals surface area (Å²) >= 11 is 0. The fourth-order valence-corrected chi connectivity index (χ4v) is 2.08. The van der Waals surface area contributed by atoms with E-state index in [4.69, 9.17) is 14.6 Å². The van der Waals surface area contributed by atoms with Crippen LogP contribution in [0.4, 0.5) is 4.39 Å². The van der Waals surface area contributed by atoms with Crippen molar-refractivity contribution in [1.29, 1.82) is 0 Å². The molecule has 0 aliphatic carbocycles. The van der Waals surface area contributed by atoms with Crippen molar-refractivity contribution in [3.05, 3.63) is 29.6 Å². The Morgan fingerprint density at radius 3 is 2.70 bits per heavy atom. The molecule has 0 aliphatic heterocycles. The van der Waals surface area contributed by atoms with Gasteiger partial charge in [-0.3, -0.25) is 9.69 Å². The summed E-state index contributed by atoms with van der Waals surface area (Å²) in [7, 11) is 3.00. The maximum Gasteiger partial charge on any atom is 0.317 e. The molecule has 1 rings (SSSR count). The van der Waals surface area contributed by atoms with Gasteiger partial charge in [0, 0.05) is 25.3 Å². The molecule has 1 aromatic rings. The largest absolute Gasteiger partial charge is 0.496 e. The topological polar surface area (TPSA) is 59.0 Å². The van der Waals surface area contributed by atoms with Gasteiger partial charge in [0.05, 0.1) is 20.3 Å². The second-order valence-electron chi connectivity index (χ2n) is 4.39. The highest BCUT2D eigenvalue weighted by Crippen LogP contribution is 2.31. The van der Waals surface area contributed by atoms with Crippen molar-refractivity contribution in [2.24, 2.45) is 0 Å². The van der Waals surface area contributed by atoms with Crippen LogP contribution in [0.3, 0.4) is 0 Å². The summed E-state index contributed by atoms with van der Waals surface area (Å²) in [5.41, 5.74) is 0.354. The molecule has 1 N–H and O–H groups in total. The third kappa shape index (κ3) is 4.18. The van der Waals surface area contributed by atoms with E-state index in [0.717, 1.165) is 0 Å². The van der Waals surface area contributed by atoms with E-state index in [0.29, 0.717) is 24.5 Å². The third-order valence-electron chi connectivity index (χ3n) is 3.12. The zero-order valence-corrected chi connectivity index (χ0v) is 11.9. The van der Waals surface area contributed by atoms with Crippen LogP contribution in [0, 0.1) is 5.82 Å². The van der Waals surface area contributed by atoms with Crippen LogP contribution < -0.4 is 4.74 Å². The zero-order chi connectivity index (χ0) is 15.1. The number of carboxylic acids is 1.